The quantitative estimate of drug-likeness (QED) is 0.0743. The summed E-state index contributed by atoms with van der Waals surface area (Å²) in [6.07, 6.45) is 5.40. The molecule has 0 saturated carbocycles. The van der Waals surface area contributed by atoms with Crippen LogP contribution in [0.5, 0.6) is 11.5 Å². The van der Waals surface area contributed by atoms with Gasteiger partial charge in [-0.05, 0) is 91.7 Å². The first-order valence-electron chi connectivity index (χ1n) is 23.3. The molecule has 0 fully saturated rings. The molecule has 9 heterocycles. The Bertz CT molecular complexity index is 4090. The molecule has 3 aromatic heterocycles. The van der Waals surface area contributed by atoms with Crippen LogP contribution in [-0.4, -0.2) is 9.97 Å². The second-order valence-corrected chi connectivity index (χ2v) is 18.0. The first kappa shape index (κ1) is 49.1. The van der Waals surface area contributed by atoms with Crippen molar-refractivity contribution in [1.82, 2.24) is 19.9 Å². The van der Waals surface area contributed by atoms with Crippen molar-refractivity contribution in [1.29, 1.82) is 0 Å². The Kier molecular flexibility index (Phi) is 12.0. The minimum atomic E-state index is -2.39. The molecular weight excluding hydrogens is 1060 g/mol. The zero-order chi connectivity index (χ0) is 52.3. The molecule has 372 valence electrons. The largest absolute Gasteiger partial charge is 2.00 e. The van der Waals surface area contributed by atoms with Crippen LogP contribution in [-0.2, 0) is 32.7 Å². The molecule has 6 aliphatic rings. The van der Waals surface area contributed by atoms with Crippen molar-refractivity contribution in [3.63, 3.8) is 0 Å². The monoisotopic (exact) mass is 1090 g/mol. The summed E-state index contributed by atoms with van der Waals surface area (Å²) < 4.78 is 170. The van der Waals surface area contributed by atoms with E-state index in [1.165, 1.54) is 48.6 Å². The molecule has 0 N–H and O–H groups in total. The fourth-order valence-electron chi connectivity index (χ4n) is 10.1. The van der Waals surface area contributed by atoms with Crippen molar-refractivity contribution in [2.75, 3.05) is 0 Å². The minimum absolute atomic E-state index is 0. The SMILES string of the molecule is Fc1c(F)c(F)c(-c2c3nc(c4c5ccc([n-]5)c(-c5c(F)c(F)c(F)c(F)c5F)c5nc(c(c6ccc2[n-]6)-c2cccc6cccc(c26)OCc2ccc(cc2)COc2cccc6cccc-4c26)C=C5)C=C3)c(F)c1F.[Zn+2]. The Morgan fingerprint density at radius 2 is 0.623 bits per heavy atom. The summed E-state index contributed by atoms with van der Waals surface area (Å²) in [5, 5.41) is 2.19. The van der Waals surface area contributed by atoms with Gasteiger partial charge < -0.3 is 19.4 Å². The summed E-state index contributed by atoms with van der Waals surface area (Å²) in [7, 11) is 0. The number of nitrogens with zero attached hydrogens (tertiary/aromatic N) is 4. The standard InChI is InChI=1S/C60H28F10N4O2.Zn/c61-51-49(52(62)56(66)59(69)55(51)65)47-37-21-17-33(71-37)45-31-9-1-5-29-7-3-11-41(43(29)31)75-25-27-13-15-28(16-14-27)26-76-42-12-4-8-30-6-2-10-32(44(30)42)46(35-19-23-39(47)73-35)36-20-24-40(74-36)48(38-22-18-34(45)72-38)50-53(63)57(67)60(70)58(68)54(50)64;/h1-24H,25-26H2;/q-2;+2. The van der Waals surface area contributed by atoms with Crippen LogP contribution in [0.25, 0.3) is 112 Å². The molecule has 0 spiro atoms. The van der Waals surface area contributed by atoms with E-state index in [2.05, 4.69) is 0 Å². The van der Waals surface area contributed by atoms with E-state index in [-0.39, 0.29) is 88.7 Å². The molecule has 0 aliphatic carbocycles. The van der Waals surface area contributed by atoms with Crippen molar-refractivity contribution >= 4 is 67.9 Å². The second-order valence-electron chi connectivity index (χ2n) is 18.0. The Morgan fingerprint density at radius 1 is 0.325 bits per heavy atom. The predicted molar refractivity (Wildman–Crippen MR) is 268 cm³/mol. The zero-order valence-corrected chi connectivity index (χ0v) is 42.3. The molecule has 6 aliphatic heterocycles. The second kappa shape index (κ2) is 18.8. The van der Waals surface area contributed by atoms with Crippen LogP contribution in [0.1, 0.15) is 33.9 Å². The molecule has 0 radical (unpaired) electrons. The summed E-state index contributed by atoms with van der Waals surface area (Å²) in [4.78, 5) is 19.4. The van der Waals surface area contributed by atoms with Crippen molar-refractivity contribution in [3.05, 3.63) is 213 Å². The molecule has 0 atom stereocenters. The van der Waals surface area contributed by atoms with Gasteiger partial charge >= 0.3 is 19.5 Å². The maximum atomic E-state index is 16.4. The van der Waals surface area contributed by atoms with Gasteiger partial charge in [0.05, 0.1) is 33.9 Å². The number of halogens is 10. The van der Waals surface area contributed by atoms with Gasteiger partial charge in [0.15, 0.2) is 46.5 Å². The molecular formula is C60H28F10N4O2Zn. The van der Waals surface area contributed by atoms with Crippen molar-refractivity contribution < 1.29 is 72.9 Å². The Balaban J connectivity index is 0.00000596. The molecule has 77 heavy (non-hydrogen) atoms. The van der Waals surface area contributed by atoms with Crippen molar-refractivity contribution in [2.24, 2.45) is 0 Å². The fourth-order valence-corrected chi connectivity index (χ4v) is 10.1. The van der Waals surface area contributed by atoms with Gasteiger partial charge in [-0.2, -0.15) is 0 Å². The molecule has 7 aromatic carbocycles. The molecule has 17 heteroatoms. The number of rotatable bonds is 2. The topological polar surface area (TPSA) is 72.4 Å². The van der Waals surface area contributed by atoms with Gasteiger partial charge in [0.2, 0.25) is 11.6 Å². The maximum Gasteiger partial charge on any atom is 2.00 e. The first-order chi connectivity index (χ1) is 36.8. The zero-order valence-electron chi connectivity index (χ0n) is 39.4. The van der Waals surface area contributed by atoms with E-state index in [0.717, 1.165) is 11.1 Å². The molecule has 12 bridgehead atoms. The summed E-state index contributed by atoms with van der Waals surface area (Å²) in [5.74, 6) is -21.6. The van der Waals surface area contributed by atoms with Gasteiger partial charge in [-0.25, -0.2) is 53.9 Å². The average molecular weight is 1090 g/mol. The van der Waals surface area contributed by atoms with Crippen LogP contribution in [0.15, 0.2) is 121 Å². The third-order valence-corrected chi connectivity index (χ3v) is 13.6. The van der Waals surface area contributed by atoms with Crippen LogP contribution < -0.4 is 19.4 Å². The number of aromatic nitrogens is 4. The first-order valence-corrected chi connectivity index (χ1v) is 23.3. The van der Waals surface area contributed by atoms with Gasteiger partial charge in [0.1, 0.15) is 24.7 Å². The average Bonchev–Trinajstić information content (AvgIpc) is 4.48. The van der Waals surface area contributed by atoms with Crippen LogP contribution in [0, 0.1) is 58.2 Å². The molecule has 0 amide bonds. The summed E-state index contributed by atoms with van der Waals surface area (Å²) in [6.45, 7) is 0.131. The van der Waals surface area contributed by atoms with Crippen molar-refractivity contribution in [2.45, 2.75) is 13.2 Å². The van der Waals surface area contributed by atoms with E-state index in [1.54, 1.807) is 72.8 Å². The van der Waals surface area contributed by atoms with Gasteiger partial charge in [0, 0.05) is 10.8 Å². The number of hydrogen-bond donors (Lipinski definition) is 0. The molecule has 0 unspecified atom stereocenters. The Labute approximate surface area is 441 Å². The van der Waals surface area contributed by atoms with Crippen LogP contribution in [0.2, 0.25) is 0 Å². The van der Waals surface area contributed by atoms with Gasteiger partial charge in [-0.15, -0.1) is 22.1 Å². The summed E-state index contributed by atoms with van der Waals surface area (Å²) in [6, 6.07) is 33.9. The van der Waals surface area contributed by atoms with E-state index in [9.17, 15) is 8.78 Å². The third kappa shape index (κ3) is 7.81. The fraction of sp³-hybridized carbons (Fsp3) is 0.0333. The number of benzene rings is 7. The number of hydrogen-bond acceptors (Lipinski definition) is 4. The minimum Gasteiger partial charge on any atom is -0.657 e. The smallest absolute Gasteiger partial charge is 0.657 e. The van der Waals surface area contributed by atoms with E-state index in [4.69, 9.17) is 29.4 Å². The molecule has 10 aromatic rings. The summed E-state index contributed by atoms with van der Waals surface area (Å²) in [5.41, 5.74) is -2.69. The normalized spacial score (nSPS) is 12.7. The molecule has 0 saturated heterocycles. The predicted octanol–water partition coefficient (Wildman–Crippen LogP) is 15.7. The third-order valence-electron chi connectivity index (χ3n) is 13.6. The van der Waals surface area contributed by atoms with Crippen LogP contribution in [0.3, 0.4) is 0 Å². The van der Waals surface area contributed by atoms with E-state index < -0.39 is 80.4 Å². The van der Waals surface area contributed by atoms with Crippen LogP contribution >= 0.6 is 0 Å². The van der Waals surface area contributed by atoms with Crippen LogP contribution in [0.4, 0.5) is 43.9 Å². The van der Waals surface area contributed by atoms with Gasteiger partial charge in [-0.3, -0.25) is 0 Å². The molecule has 6 nitrogen and oxygen atoms in total. The van der Waals surface area contributed by atoms with E-state index in [1.807, 2.05) is 24.3 Å². The molecule has 16 rings (SSSR count). The number of ether oxygens (including phenoxy) is 2. The van der Waals surface area contributed by atoms with Gasteiger partial charge in [-0.1, -0.05) is 109 Å². The van der Waals surface area contributed by atoms with E-state index >= 15 is 35.1 Å². The summed E-state index contributed by atoms with van der Waals surface area (Å²) >= 11 is 0. The van der Waals surface area contributed by atoms with Crippen molar-refractivity contribution in [3.8, 4) is 56.0 Å². The maximum absolute atomic E-state index is 16.4. The Hall–Kier alpha value is -8.82. The Morgan fingerprint density at radius 3 is 0.974 bits per heavy atom. The van der Waals surface area contributed by atoms with Gasteiger partial charge in [0.25, 0.3) is 0 Å². The van der Waals surface area contributed by atoms with E-state index in [0.29, 0.717) is 44.2 Å².